The van der Waals surface area contributed by atoms with E-state index < -0.39 is 17.6 Å². The molecule has 7 heteroatoms. The predicted octanol–water partition coefficient (Wildman–Crippen LogP) is 5.52. The second-order valence-corrected chi connectivity index (χ2v) is 6.44. The zero-order chi connectivity index (χ0) is 21.0. The first-order chi connectivity index (χ1) is 13.7. The van der Waals surface area contributed by atoms with Gasteiger partial charge in [-0.15, -0.1) is 0 Å². The standard InChI is InChI=1S/C22H17F3N2O2/c1-14-5-2-6-15(11-14)20(28)26-18-9-3-7-16(12-18)21(29)27-19-10-4-8-17(13-19)22(23,24)25/h2-13H,1H3,(H,26,28)(H,27,29). The molecule has 2 N–H and O–H groups in total. The first-order valence-corrected chi connectivity index (χ1v) is 8.69. The molecule has 0 aliphatic rings. The zero-order valence-electron chi connectivity index (χ0n) is 15.4. The molecule has 0 bridgehead atoms. The summed E-state index contributed by atoms with van der Waals surface area (Å²) in [4.78, 5) is 24.8. The monoisotopic (exact) mass is 398 g/mol. The van der Waals surface area contributed by atoms with Crippen molar-refractivity contribution in [3.8, 4) is 0 Å². The molecule has 0 fully saturated rings. The number of halogens is 3. The lowest BCUT2D eigenvalue weighted by atomic mass is 10.1. The van der Waals surface area contributed by atoms with Gasteiger partial charge in [-0.3, -0.25) is 9.59 Å². The Bertz CT molecular complexity index is 1060. The highest BCUT2D eigenvalue weighted by atomic mass is 19.4. The number of nitrogens with one attached hydrogen (secondary N) is 2. The van der Waals surface area contributed by atoms with E-state index in [0.717, 1.165) is 17.7 Å². The van der Waals surface area contributed by atoms with Crippen LogP contribution >= 0.6 is 0 Å². The average molecular weight is 398 g/mol. The van der Waals surface area contributed by atoms with Crippen LogP contribution in [0.2, 0.25) is 0 Å². The Labute approximate surface area is 165 Å². The molecule has 148 valence electrons. The van der Waals surface area contributed by atoms with E-state index >= 15 is 0 Å². The van der Waals surface area contributed by atoms with Crippen LogP contribution < -0.4 is 10.6 Å². The molecule has 0 atom stereocenters. The lowest BCUT2D eigenvalue weighted by Crippen LogP contribution is -2.15. The van der Waals surface area contributed by atoms with Crippen molar-refractivity contribution in [2.24, 2.45) is 0 Å². The molecule has 0 aliphatic heterocycles. The predicted molar refractivity (Wildman–Crippen MR) is 105 cm³/mol. The van der Waals surface area contributed by atoms with Gasteiger partial charge in [0, 0.05) is 22.5 Å². The van der Waals surface area contributed by atoms with Crippen LogP contribution in [0.4, 0.5) is 24.5 Å². The number of hydrogen-bond donors (Lipinski definition) is 2. The van der Waals surface area contributed by atoms with Crippen LogP contribution in [0.1, 0.15) is 31.8 Å². The van der Waals surface area contributed by atoms with Gasteiger partial charge < -0.3 is 10.6 Å². The molecule has 3 rings (SSSR count). The highest BCUT2D eigenvalue weighted by molar-refractivity contribution is 6.07. The Morgan fingerprint density at radius 1 is 0.724 bits per heavy atom. The maximum atomic E-state index is 12.8. The van der Waals surface area contributed by atoms with Crippen LogP contribution in [0.3, 0.4) is 0 Å². The smallest absolute Gasteiger partial charge is 0.322 e. The summed E-state index contributed by atoms with van der Waals surface area (Å²) in [7, 11) is 0. The molecule has 0 heterocycles. The lowest BCUT2D eigenvalue weighted by molar-refractivity contribution is -0.137. The minimum Gasteiger partial charge on any atom is -0.322 e. The summed E-state index contributed by atoms with van der Waals surface area (Å²) in [6.07, 6.45) is -4.50. The van der Waals surface area contributed by atoms with E-state index in [0.29, 0.717) is 11.3 Å². The zero-order valence-corrected chi connectivity index (χ0v) is 15.4. The van der Waals surface area contributed by atoms with Crippen molar-refractivity contribution in [3.63, 3.8) is 0 Å². The summed E-state index contributed by atoms with van der Waals surface area (Å²) >= 11 is 0. The van der Waals surface area contributed by atoms with Crippen molar-refractivity contribution in [2.45, 2.75) is 13.1 Å². The van der Waals surface area contributed by atoms with E-state index in [2.05, 4.69) is 10.6 Å². The molecule has 4 nitrogen and oxygen atoms in total. The van der Waals surface area contributed by atoms with E-state index in [4.69, 9.17) is 0 Å². The summed E-state index contributed by atoms with van der Waals surface area (Å²) in [6, 6.07) is 17.6. The van der Waals surface area contributed by atoms with Gasteiger partial charge in [-0.1, -0.05) is 29.8 Å². The SMILES string of the molecule is Cc1cccc(C(=O)Nc2cccc(C(=O)Nc3cccc(C(F)(F)F)c3)c2)c1. The van der Waals surface area contributed by atoms with Crippen LogP contribution in [0.15, 0.2) is 72.8 Å². The first-order valence-electron chi connectivity index (χ1n) is 8.69. The summed E-state index contributed by atoms with van der Waals surface area (Å²) in [5, 5.41) is 5.14. The van der Waals surface area contributed by atoms with Gasteiger partial charge in [0.25, 0.3) is 11.8 Å². The molecule has 0 unspecified atom stereocenters. The fourth-order valence-corrected chi connectivity index (χ4v) is 2.70. The van der Waals surface area contributed by atoms with Gasteiger partial charge in [0.05, 0.1) is 5.56 Å². The Morgan fingerprint density at radius 3 is 1.83 bits per heavy atom. The molecule has 2 amide bonds. The van der Waals surface area contributed by atoms with Gasteiger partial charge in [0.15, 0.2) is 0 Å². The molecule has 29 heavy (non-hydrogen) atoms. The van der Waals surface area contributed by atoms with Crippen LogP contribution in [0, 0.1) is 6.92 Å². The van der Waals surface area contributed by atoms with Gasteiger partial charge in [-0.25, -0.2) is 0 Å². The number of anilines is 2. The van der Waals surface area contributed by atoms with Crippen LogP contribution in [0.25, 0.3) is 0 Å². The third-order valence-electron chi connectivity index (χ3n) is 4.11. The molecule has 0 aliphatic carbocycles. The molecule has 3 aromatic carbocycles. The molecular weight excluding hydrogens is 381 g/mol. The Kier molecular flexibility index (Phi) is 5.68. The van der Waals surface area contributed by atoms with Gasteiger partial charge >= 0.3 is 6.18 Å². The van der Waals surface area contributed by atoms with Gasteiger partial charge in [0.2, 0.25) is 0 Å². The molecule has 0 saturated heterocycles. The molecule has 0 aromatic heterocycles. The van der Waals surface area contributed by atoms with Gasteiger partial charge in [0.1, 0.15) is 0 Å². The van der Waals surface area contributed by atoms with Crippen molar-refractivity contribution in [2.75, 3.05) is 10.6 Å². The molecule has 0 spiro atoms. The highest BCUT2D eigenvalue weighted by Crippen LogP contribution is 2.30. The van der Waals surface area contributed by atoms with Crippen molar-refractivity contribution in [1.82, 2.24) is 0 Å². The van der Waals surface area contributed by atoms with Crippen molar-refractivity contribution >= 4 is 23.2 Å². The van der Waals surface area contributed by atoms with E-state index in [-0.39, 0.29) is 17.2 Å². The van der Waals surface area contributed by atoms with E-state index in [9.17, 15) is 22.8 Å². The van der Waals surface area contributed by atoms with E-state index in [1.165, 1.54) is 24.3 Å². The van der Waals surface area contributed by atoms with Crippen LogP contribution in [0.5, 0.6) is 0 Å². The second kappa shape index (κ2) is 8.18. The van der Waals surface area contributed by atoms with Crippen LogP contribution in [-0.2, 0) is 6.18 Å². The van der Waals surface area contributed by atoms with Crippen molar-refractivity contribution in [3.05, 3.63) is 95.1 Å². The number of hydrogen-bond acceptors (Lipinski definition) is 2. The summed E-state index contributed by atoms with van der Waals surface area (Å²) in [5.74, 6) is -0.917. The summed E-state index contributed by atoms with van der Waals surface area (Å²) in [6.45, 7) is 1.87. The number of benzene rings is 3. The first kappa shape index (κ1) is 20.1. The Balaban J connectivity index is 1.74. The highest BCUT2D eigenvalue weighted by Gasteiger charge is 2.30. The fraction of sp³-hybridized carbons (Fsp3) is 0.0909. The summed E-state index contributed by atoms with van der Waals surface area (Å²) in [5.41, 5.74) is 1.18. The number of alkyl halides is 3. The van der Waals surface area contributed by atoms with Gasteiger partial charge in [-0.2, -0.15) is 13.2 Å². The van der Waals surface area contributed by atoms with Gasteiger partial charge in [-0.05, 0) is 55.5 Å². The second-order valence-electron chi connectivity index (χ2n) is 6.44. The number of carbonyl (C=O) groups excluding carboxylic acids is 2. The lowest BCUT2D eigenvalue weighted by Gasteiger charge is -2.11. The number of aryl methyl sites for hydroxylation is 1. The Hall–Kier alpha value is -3.61. The molecule has 3 aromatic rings. The normalized spacial score (nSPS) is 11.0. The molecule has 0 saturated carbocycles. The van der Waals surface area contributed by atoms with E-state index in [1.807, 2.05) is 13.0 Å². The fourth-order valence-electron chi connectivity index (χ4n) is 2.70. The minimum absolute atomic E-state index is 0.0269. The third kappa shape index (κ3) is 5.22. The van der Waals surface area contributed by atoms with Crippen molar-refractivity contribution in [1.29, 1.82) is 0 Å². The molecule has 0 radical (unpaired) electrons. The number of amides is 2. The quantitative estimate of drug-likeness (QED) is 0.608. The van der Waals surface area contributed by atoms with Crippen molar-refractivity contribution < 1.29 is 22.8 Å². The number of rotatable bonds is 4. The topological polar surface area (TPSA) is 58.2 Å². The number of carbonyl (C=O) groups is 2. The van der Waals surface area contributed by atoms with E-state index in [1.54, 1.807) is 30.3 Å². The molecular formula is C22H17F3N2O2. The average Bonchev–Trinajstić information content (AvgIpc) is 2.68. The Morgan fingerprint density at radius 2 is 1.24 bits per heavy atom. The maximum absolute atomic E-state index is 12.8. The third-order valence-corrected chi connectivity index (χ3v) is 4.11. The van der Waals surface area contributed by atoms with Crippen LogP contribution in [-0.4, -0.2) is 11.8 Å². The minimum atomic E-state index is -4.50. The summed E-state index contributed by atoms with van der Waals surface area (Å²) < 4.78 is 38.4. The maximum Gasteiger partial charge on any atom is 0.416 e. The largest absolute Gasteiger partial charge is 0.416 e.